The lowest BCUT2D eigenvalue weighted by molar-refractivity contribution is 0.0938. The quantitative estimate of drug-likeness (QED) is 0.757. The van der Waals surface area contributed by atoms with Crippen molar-refractivity contribution >= 4 is 11.6 Å². The first-order chi connectivity index (χ1) is 14.3. The number of rotatable bonds is 7. The van der Waals surface area contributed by atoms with E-state index in [1.165, 1.54) is 18.5 Å². The molecule has 0 radical (unpaired) electrons. The van der Waals surface area contributed by atoms with Gasteiger partial charge in [-0.05, 0) is 49.9 Å². The van der Waals surface area contributed by atoms with Crippen LogP contribution >= 0.6 is 0 Å². The monoisotopic (exact) mass is 393 g/mol. The number of nitrogens with one attached hydrogen (secondary N) is 2. The van der Waals surface area contributed by atoms with E-state index < -0.39 is 0 Å². The molecular formula is C23H31N5O. The molecule has 0 atom stereocenters. The minimum Gasteiger partial charge on any atom is -0.371 e. The Morgan fingerprint density at radius 3 is 2.45 bits per heavy atom. The maximum Gasteiger partial charge on any atom is 0.251 e. The number of piperidine rings is 1. The van der Waals surface area contributed by atoms with Crippen molar-refractivity contribution in [1.82, 2.24) is 20.6 Å². The molecule has 1 saturated heterocycles. The third-order valence-corrected chi connectivity index (χ3v) is 6.11. The second kappa shape index (κ2) is 9.83. The van der Waals surface area contributed by atoms with Crippen LogP contribution in [0.2, 0.25) is 0 Å². The highest BCUT2D eigenvalue weighted by molar-refractivity contribution is 5.94. The maximum absolute atomic E-state index is 12.4. The Balaban J connectivity index is 1.20. The summed E-state index contributed by atoms with van der Waals surface area (Å²) in [5.41, 5.74) is 3.01. The van der Waals surface area contributed by atoms with Gasteiger partial charge in [-0.3, -0.25) is 14.8 Å². The number of amides is 1. The molecule has 6 nitrogen and oxygen atoms in total. The average molecular weight is 394 g/mol. The van der Waals surface area contributed by atoms with E-state index in [0.29, 0.717) is 12.1 Å². The second-order valence-electron chi connectivity index (χ2n) is 8.16. The van der Waals surface area contributed by atoms with E-state index in [4.69, 9.17) is 0 Å². The SMILES string of the molecule is O=C(NC1CCCC1)c1ccc(N2CCC(NCCc3cnccn3)CC2)cc1. The van der Waals surface area contributed by atoms with Gasteiger partial charge in [0.2, 0.25) is 0 Å². The van der Waals surface area contributed by atoms with E-state index in [2.05, 4.69) is 37.6 Å². The van der Waals surface area contributed by atoms with Crippen molar-refractivity contribution in [2.75, 3.05) is 24.5 Å². The largest absolute Gasteiger partial charge is 0.371 e. The molecular weight excluding hydrogens is 362 g/mol. The van der Waals surface area contributed by atoms with Crippen LogP contribution in [0.3, 0.4) is 0 Å². The Kier molecular flexibility index (Phi) is 6.72. The van der Waals surface area contributed by atoms with E-state index in [1.54, 1.807) is 12.4 Å². The van der Waals surface area contributed by atoms with Gasteiger partial charge in [0.05, 0.1) is 5.69 Å². The molecule has 1 aromatic heterocycles. The summed E-state index contributed by atoms with van der Waals surface area (Å²) in [6.07, 6.45) is 13.2. The smallest absolute Gasteiger partial charge is 0.251 e. The summed E-state index contributed by atoms with van der Waals surface area (Å²) < 4.78 is 0. The first-order valence-electron chi connectivity index (χ1n) is 10.9. The molecule has 6 heteroatoms. The summed E-state index contributed by atoms with van der Waals surface area (Å²) in [6.45, 7) is 3.01. The van der Waals surface area contributed by atoms with Gasteiger partial charge in [0, 0.05) is 68.0 Å². The van der Waals surface area contributed by atoms with E-state index >= 15 is 0 Å². The van der Waals surface area contributed by atoms with E-state index in [-0.39, 0.29) is 5.91 Å². The molecule has 1 amide bonds. The number of benzene rings is 1. The van der Waals surface area contributed by atoms with Crippen molar-refractivity contribution in [2.45, 2.75) is 57.0 Å². The molecule has 2 fully saturated rings. The van der Waals surface area contributed by atoms with Crippen molar-refractivity contribution in [3.05, 3.63) is 54.1 Å². The Labute approximate surface area is 173 Å². The minimum atomic E-state index is 0.0643. The topological polar surface area (TPSA) is 70.2 Å². The number of hydrogen-bond acceptors (Lipinski definition) is 5. The zero-order valence-corrected chi connectivity index (χ0v) is 17.0. The van der Waals surface area contributed by atoms with E-state index in [9.17, 15) is 4.79 Å². The molecule has 1 aromatic carbocycles. The lowest BCUT2D eigenvalue weighted by Crippen LogP contribution is -2.43. The van der Waals surface area contributed by atoms with Crippen LogP contribution in [-0.4, -0.2) is 47.6 Å². The highest BCUT2D eigenvalue weighted by atomic mass is 16.1. The number of aromatic nitrogens is 2. The Morgan fingerprint density at radius 1 is 1.00 bits per heavy atom. The fourth-order valence-corrected chi connectivity index (χ4v) is 4.37. The third-order valence-electron chi connectivity index (χ3n) is 6.11. The van der Waals surface area contributed by atoms with Crippen molar-refractivity contribution in [3.63, 3.8) is 0 Å². The maximum atomic E-state index is 12.4. The molecule has 0 spiro atoms. The minimum absolute atomic E-state index is 0.0643. The van der Waals surface area contributed by atoms with Gasteiger partial charge >= 0.3 is 0 Å². The van der Waals surface area contributed by atoms with Crippen LogP contribution in [0.25, 0.3) is 0 Å². The number of carbonyl (C=O) groups is 1. The first-order valence-corrected chi connectivity index (χ1v) is 10.9. The molecule has 2 heterocycles. The van der Waals surface area contributed by atoms with Crippen molar-refractivity contribution in [2.24, 2.45) is 0 Å². The van der Waals surface area contributed by atoms with Gasteiger partial charge in [-0.1, -0.05) is 12.8 Å². The fraction of sp³-hybridized carbons (Fsp3) is 0.522. The molecule has 29 heavy (non-hydrogen) atoms. The van der Waals surface area contributed by atoms with Crippen LogP contribution in [0, 0.1) is 0 Å². The van der Waals surface area contributed by atoms with Gasteiger partial charge in [0.1, 0.15) is 0 Å². The van der Waals surface area contributed by atoms with Gasteiger partial charge in [-0.15, -0.1) is 0 Å². The predicted octanol–water partition coefficient (Wildman–Crippen LogP) is 2.95. The van der Waals surface area contributed by atoms with Crippen LogP contribution in [0.5, 0.6) is 0 Å². The van der Waals surface area contributed by atoms with Crippen LogP contribution in [0.1, 0.15) is 54.6 Å². The lowest BCUT2D eigenvalue weighted by Gasteiger charge is -2.34. The predicted molar refractivity (Wildman–Crippen MR) is 115 cm³/mol. The zero-order valence-electron chi connectivity index (χ0n) is 17.0. The van der Waals surface area contributed by atoms with E-state index in [1.807, 2.05) is 18.3 Å². The summed E-state index contributed by atoms with van der Waals surface area (Å²) >= 11 is 0. The normalized spacial score (nSPS) is 18.1. The van der Waals surface area contributed by atoms with Crippen molar-refractivity contribution in [3.8, 4) is 0 Å². The molecule has 2 aromatic rings. The van der Waals surface area contributed by atoms with Crippen LogP contribution in [0.4, 0.5) is 5.69 Å². The molecule has 1 aliphatic carbocycles. The Morgan fingerprint density at radius 2 is 1.76 bits per heavy atom. The second-order valence-corrected chi connectivity index (χ2v) is 8.16. The van der Waals surface area contributed by atoms with Crippen LogP contribution in [0.15, 0.2) is 42.9 Å². The summed E-state index contributed by atoms with van der Waals surface area (Å²) in [7, 11) is 0. The fourth-order valence-electron chi connectivity index (χ4n) is 4.37. The van der Waals surface area contributed by atoms with Gasteiger partial charge in [0.15, 0.2) is 0 Å². The van der Waals surface area contributed by atoms with E-state index in [0.717, 1.165) is 63.0 Å². The van der Waals surface area contributed by atoms with Gasteiger partial charge < -0.3 is 15.5 Å². The third kappa shape index (κ3) is 5.54. The molecule has 1 saturated carbocycles. The number of carbonyl (C=O) groups excluding carboxylic acids is 1. The molecule has 4 rings (SSSR count). The van der Waals surface area contributed by atoms with Crippen LogP contribution < -0.4 is 15.5 Å². The average Bonchev–Trinajstić information content (AvgIpc) is 3.28. The van der Waals surface area contributed by atoms with Gasteiger partial charge in [-0.2, -0.15) is 0 Å². The number of hydrogen-bond donors (Lipinski definition) is 2. The summed E-state index contributed by atoms with van der Waals surface area (Å²) in [5.74, 6) is 0.0643. The molecule has 154 valence electrons. The Bertz CT molecular complexity index is 766. The summed E-state index contributed by atoms with van der Waals surface area (Å²) in [5, 5.41) is 6.82. The Hall–Kier alpha value is -2.47. The highest BCUT2D eigenvalue weighted by Crippen LogP contribution is 2.22. The molecule has 2 N–H and O–H groups in total. The summed E-state index contributed by atoms with van der Waals surface area (Å²) in [4.78, 5) is 23.2. The zero-order chi connectivity index (χ0) is 19.9. The molecule has 1 aliphatic heterocycles. The lowest BCUT2D eigenvalue weighted by atomic mass is 10.0. The number of nitrogens with zero attached hydrogens (tertiary/aromatic N) is 3. The van der Waals surface area contributed by atoms with Crippen molar-refractivity contribution < 1.29 is 4.79 Å². The van der Waals surface area contributed by atoms with Crippen molar-refractivity contribution in [1.29, 1.82) is 0 Å². The highest BCUT2D eigenvalue weighted by Gasteiger charge is 2.20. The number of anilines is 1. The van der Waals surface area contributed by atoms with Crippen LogP contribution in [-0.2, 0) is 6.42 Å². The van der Waals surface area contributed by atoms with Gasteiger partial charge in [-0.25, -0.2) is 0 Å². The first kappa shape index (κ1) is 19.8. The van der Waals surface area contributed by atoms with Gasteiger partial charge in [0.25, 0.3) is 5.91 Å². The standard InChI is InChI=1S/C23H31N5O/c29-23(27-20-3-1-2-4-20)18-5-7-22(8-6-18)28-15-10-19(11-16-28)25-12-9-21-17-24-13-14-26-21/h5-8,13-14,17,19-20,25H,1-4,9-12,15-16H2,(H,27,29). The summed E-state index contributed by atoms with van der Waals surface area (Å²) in [6, 6.07) is 9.02. The molecule has 0 bridgehead atoms. The molecule has 0 unspecified atom stereocenters. The molecule has 2 aliphatic rings.